The predicted octanol–water partition coefficient (Wildman–Crippen LogP) is 2.83. The van der Waals surface area contributed by atoms with Crippen molar-refractivity contribution in [1.82, 2.24) is 10.6 Å². The summed E-state index contributed by atoms with van der Waals surface area (Å²) < 4.78 is 41.7. The van der Waals surface area contributed by atoms with Gasteiger partial charge in [-0.3, -0.25) is 19.7 Å². The molecule has 0 saturated heterocycles. The number of amides is 1. The third-order valence-corrected chi connectivity index (χ3v) is 4.36. The zero-order chi connectivity index (χ0) is 23.4. The smallest absolute Gasteiger partial charge is 0.471 e. The molecule has 1 amide bonds. The van der Waals surface area contributed by atoms with E-state index >= 15 is 0 Å². The zero-order valence-electron chi connectivity index (χ0n) is 17.6. The van der Waals surface area contributed by atoms with E-state index in [1.807, 2.05) is 30.3 Å². The number of esters is 1. The molecular formula is C21H29F3N2O5. The minimum absolute atomic E-state index is 0.0774. The van der Waals surface area contributed by atoms with Crippen LogP contribution in [0, 0.1) is 0 Å². The molecule has 3 N–H and O–H groups in total. The molecule has 0 fully saturated rings. The van der Waals surface area contributed by atoms with E-state index in [-0.39, 0.29) is 31.9 Å². The van der Waals surface area contributed by atoms with Crippen molar-refractivity contribution in [1.29, 1.82) is 0 Å². The average Bonchev–Trinajstić information content (AvgIpc) is 2.68. The predicted molar refractivity (Wildman–Crippen MR) is 107 cm³/mol. The Bertz CT molecular complexity index is 711. The van der Waals surface area contributed by atoms with E-state index in [0.29, 0.717) is 12.8 Å². The Morgan fingerprint density at radius 2 is 1.68 bits per heavy atom. The monoisotopic (exact) mass is 446 g/mol. The maximum absolute atomic E-state index is 12.4. The van der Waals surface area contributed by atoms with E-state index < -0.39 is 36.1 Å². The van der Waals surface area contributed by atoms with Gasteiger partial charge in [0.05, 0.1) is 6.10 Å². The Kier molecular flexibility index (Phi) is 11.0. The molecule has 174 valence electrons. The lowest BCUT2D eigenvalue weighted by Crippen LogP contribution is -2.48. The molecule has 1 rings (SSSR count). The van der Waals surface area contributed by atoms with Gasteiger partial charge in [-0.2, -0.15) is 13.2 Å². The fourth-order valence-corrected chi connectivity index (χ4v) is 2.84. The summed E-state index contributed by atoms with van der Waals surface area (Å²) in [5.41, 5.74) is 0.985. The van der Waals surface area contributed by atoms with Gasteiger partial charge in [0.15, 0.2) is 0 Å². The molecule has 10 heteroatoms. The fourth-order valence-electron chi connectivity index (χ4n) is 2.84. The standard InChI is InChI=1S/C21H29F3N2O5/c1-14(2)31-19(29)17(12-11-15-8-4-3-5-9-15)26-16(18(27)28)10-6-7-13-25-20(30)21(22,23)24/h3-5,8-9,14,16-17,26H,6-7,10-13H2,1-2H3,(H,25,30)(H,27,28)/t16-,17-/m0/s1. The largest absolute Gasteiger partial charge is 0.480 e. The van der Waals surface area contributed by atoms with Gasteiger partial charge in [0, 0.05) is 6.54 Å². The van der Waals surface area contributed by atoms with Gasteiger partial charge in [0.1, 0.15) is 12.1 Å². The number of alkyl halides is 3. The number of carboxylic acids is 1. The van der Waals surface area contributed by atoms with Crippen molar-refractivity contribution in [3.05, 3.63) is 35.9 Å². The molecular weight excluding hydrogens is 417 g/mol. The van der Waals surface area contributed by atoms with Gasteiger partial charge in [-0.05, 0) is 51.5 Å². The number of ether oxygens (including phenoxy) is 1. The lowest BCUT2D eigenvalue weighted by molar-refractivity contribution is -0.173. The first-order valence-corrected chi connectivity index (χ1v) is 10.1. The number of aliphatic carboxylic acids is 1. The van der Waals surface area contributed by atoms with E-state index in [2.05, 4.69) is 5.32 Å². The minimum Gasteiger partial charge on any atom is -0.480 e. The Balaban J connectivity index is 2.63. The molecule has 1 aromatic rings. The van der Waals surface area contributed by atoms with Crippen LogP contribution >= 0.6 is 0 Å². The van der Waals surface area contributed by atoms with E-state index in [4.69, 9.17) is 4.74 Å². The van der Waals surface area contributed by atoms with E-state index in [9.17, 15) is 32.7 Å². The minimum atomic E-state index is -4.95. The number of carbonyl (C=O) groups is 3. The molecule has 0 aliphatic heterocycles. The quantitative estimate of drug-likeness (QED) is 0.318. The van der Waals surface area contributed by atoms with E-state index in [1.165, 1.54) is 0 Å². The Morgan fingerprint density at radius 1 is 1.03 bits per heavy atom. The number of rotatable bonds is 13. The summed E-state index contributed by atoms with van der Waals surface area (Å²) in [6.07, 6.45) is -3.98. The summed E-state index contributed by atoms with van der Waals surface area (Å²) in [5, 5.41) is 14.0. The van der Waals surface area contributed by atoms with Crippen LogP contribution in [0.2, 0.25) is 0 Å². The molecule has 0 aliphatic carbocycles. The van der Waals surface area contributed by atoms with Gasteiger partial charge >= 0.3 is 24.0 Å². The van der Waals surface area contributed by atoms with Crippen molar-refractivity contribution in [2.45, 2.75) is 70.3 Å². The van der Waals surface area contributed by atoms with Gasteiger partial charge in [0.25, 0.3) is 0 Å². The molecule has 31 heavy (non-hydrogen) atoms. The molecule has 0 radical (unpaired) electrons. The summed E-state index contributed by atoms with van der Waals surface area (Å²) in [5.74, 6) is -3.77. The number of carboxylic acid groups (broad SMARTS) is 1. The topological polar surface area (TPSA) is 105 Å². The maximum Gasteiger partial charge on any atom is 0.471 e. The number of hydrogen-bond donors (Lipinski definition) is 3. The number of carbonyl (C=O) groups excluding carboxylic acids is 2. The molecule has 0 unspecified atom stereocenters. The van der Waals surface area contributed by atoms with Crippen molar-refractivity contribution in [3.8, 4) is 0 Å². The van der Waals surface area contributed by atoms with Crippen LogP contribution in [0.15, 0.2) is 30.3 Å². The summed E-state index contributed by atoms with van der Waals surface area (Å²) in [6.45, 7) is 3.16. The number of hydrogen-bond acceptors (Lipinski definition) is 5. The van der Waals surface area contributed by atoms with Gasteiger partial charge < -0.3 is 15.2 Å². The highest BCUT2D eigenvalue weighted by Crippen LogP contribution is 2.14. The lowest BCUT2D eigenvalue weighted by Gasteiger charge is -2.23. The molecule has 7 nitrogen and oxygen atoms in total. The van der Waals surface area contributed by atoms with E-state index in [1.54, 1.807) is 19.2 Å². The Hall–Kier alpha value is -2.62. The van der Waals surface area contributed by atoms with Crippen LogP contribution in [0.3, 0.4) is 0 Å². The highest BCUT2D eigenvalue weighted by molar-refractivity contribution is 5.81. The zero-order valence-corrected chi connectivity index (χ0v) is 17.6. The third-order valence-electron chi connectivity index (χ3n) is 4.36. The Morgan fingerprint density at radius 3 is 2.23 bits per heavy atom. The number of benzene rings is 1. The number of unbranched alkanes of at least 4 members (excludes halogenated alkanes) is 1. The van der Waals surface area contributed by atoms with Crippen molar-refractivity contribution >= 4 is 17.8 Å². The highest BCUT2D eigenvalue weighted by Gasteiger charge is 2.38. The molecule has 0 heterocycles. The molecule has 0 bridgehead atoms. The van der Waals surface area contributed by atoms with Crippen LogP contribution in [0.5, 0.6) is 0 Å². The second-order valence-electron chi connectivity index (χ2n) is 7.37. The van der Waals surface area contributed by atoms with E-state index in [0.717, 1.165) is 5.56 Å². The maximum atomic E-state index is 12.4. The van der Waals surface area contributed by atoms with Crippen LogP contribution in [-0.2, 0) is 25.5 Å². The third kappa shape index (κ3) is 10.8. The van der Waals surface area contributed by atoms with Crippen LogP contribution in [0.4, 0.5) is 13.2 Å². The van der Waals surface area contributed by atoms with Gasteiger partial charge in [-0.15, -0.1) is 0 Å². The van der Waals surface area contributed by atoms with Crippen LogP contribution in [-0.4, -0.2) is 53.9 Å². The van der Waals surface area contributed by atoms with Crippen molar-refractivity contribution in [2.75, 3.05) is 6.54 Å². The first-order valence-electron chi connectivity index (χ1n) is 10.1. The average molecular weight is 446 g/mol. The van der Waals surface area contributed by atoms with Crippen LogP contribution < -0.4 is 10.6 Å². The first-order chi connectivity index (χ1) is 14.5. The normalized spacial score (nSPS) is 13.5. The molecule has 1 aromatic carbocycles. The summed E-state index contributed by atoms with van der Waals surface area (Å²) in [4.78, 5) is 34.8. The lowest BCUT2D eigenvalue weighted by atomic mass is 10.0. The van der Waals surface area contributed by atoms with Crippen molar-refractivity contribution in [2.24, 2.45) is 0 Å². The fraction of sp³-hybridized carbons (Fsp3) is 0.571. The van der Waals surface area contributed by atoms with Gasteiger partial charge in [-0.1, -0.05) is 30.3 Å². The number of halogens is 3. The molecule has 0 aliphatic rings. The number of nitrogens with one attached hydrogen (secondary N) is 2. The number of aryl methyl sites for hydroxylation is 1. The Labute approximate surface area is 179 Å². The second kappa shape index (κ2) is 12.9. The van der Waals surface area contributed by atoms with Crippen LogP contribution in [0.25, 0.3) is 0 Å². The molecule has 0 aromatic heterocycles. The SMILES string of the molecule is CC(C)OC(=O)[C@H](CCc1ccccc1)N[C@@H](CCCCNC(=O)C(F)(F)F)C(=O)O. The summed E-state index contributed by atoms with van der Waals surface area (Å²) >= 11 is 0. The molecule has 2 atom stereocenters. The van der Waals surface area contributed by atoms with Crippen LogP contribution in [0.1, 0.15) is 45.1 Å². The summed E-state index contributed by atoms with van der Waals surface area (Å²) in [6, 6.07) is 7.45. The molecule has 0 spiro atoms. The van der Waals surface area contributed by atoms with Crippen molar-refractivity contribution < 1.29 is 37.4 Å². The van der Waals surface area contributed by atoms with Gasteiger partial charge in [0.2, 0.25) is 0 Å². The second-order valence-corrected chi connectivity index (χ2v) is 7.37. The van der Waals surface area contributed by atoms with Crippen molar-refractivity contribution in [3.63, 3.8) is 0 Å². The van der Waals surface area contributed by atoms with Gasteiger partial charge in [-0.25, -0.2) is 0 Å². The molecule has 0 saturated carbocycles. The summed E-state index contributed by atoms with van der Waals surface area (Å²) in [7, 11) is 0. The highest BCUT2D eigenvalue weighted by atomic mass is 19.4. The first kappa shape index (κ1) is 26.4.